The largest absolute Gasteiger partial charge is 0.310 e. The van der Waals surface area contributed by atoms with Crippen LogP contribution in [0.1, 0.15) is 58.8 Å². The summed E-state index contributed by atoms with van der Waals surface area (Å²) in [5, 5.41) is 0. The molecule has 0 N–H and O–H groups in total. The zero-order chi connectivity index (χ0) is 17.2. The summed E-state index contributed by atoms with van der Waals surface area (Å²) in [4.78, 5) is 16.2. The molecule has 4 aliphatic rings. The Morgan fingerprint density at radius 1 is 1.12 bits per heavy atom. The fraction of sp³-hybridized carbons (Fsp3) is 0.636. The first-order chi connectivity index (χ1) is 12.0. The zero-order valence-corrected chi connectivity index (χ0v) is 15.4. The fourth-order valence-corrected chi connectivity index (χ4v) is 6.91. The van der Waals surface area contributed by atoms with Crippen LogP contribution in [-0.4, -0.2) is 15.3 Å². The van der Waals surface area contributed by atoms with Crippen molar-refractivity contribution in [1.82, 2.24) is 9.55 Å². The van der Waals surface area contributed by atoms with E-state index >= 15 is 0 Å². The highest BCUT2D eigenvalue weighted by Gasteiger charge is 2.57. The predicted octanol–water partition coefficient (Wildman–Crippen LogP) is 4.87. The van der Waals surface area contributed by atoms with Gasteiger partial charge in [-0.25, -0.2) is 4.98 Å². The first-order valence-corrected chi connectivity index (χ1v) is 9.95. The van der Waals surface area contributed by atoms with Crippen molar-refractivity contribution >= 4 is 11.5 Å². The van der Waals surface area contributed by atoms with Gasteiger partial charge < -0.3 is 4.57 Å². The minimum atomic E-state index is 0.274. The van der Waals surface area contributed by atoms with Crippen LogP contribution in [0.5, 0.6) is 0 Å². The topological polar surface area (TPSA) is 34.9 Å². The first kappa shape index (κ1) is 15.6. The van der Waals surface area contributed by atoms with Gasteiger partial charge in [-0.2, -0.15) is 0 Å². The van der Waals surface area contributed by atoms with E-state index in [4.69, 9.17) is 0 Å². The van der Waals surface area contributed by atoms with E-state index in [9.17, 15) is 4.79 Å². The second kappa shape index (κ2) is 5.18. The van der Waals surface area contributed by atoms with Crippen molar-refractivity contribution in [2.24, 2.45) is 28.6 Å². The molecule has 1 aromatic heterocycles. The van der Waals surface area contributed by atoms with Crippen molar-refractivity contribution in [2.45, 2.75) is 58.8 Å². The van der Waals surface area contributed by atoms with Gasteiger partial charge in [0.25, 0.3) is 0 Å². The van der Waals surface area contributed by atoms with E-state index in [0.29, 0.717) is 5.78 Å². The first-order valence-electron chi connectivity index (χ1n) is 9.95. The highest BCUT2D eigenvalue weighted by Crippen LogP contribution is 2.65. The van der Waals surface area contributed by atoms with Crippen molar-refractivity contribution in [3.05, 3.63) is 36.4 Å². The van der Waals surface area contributed by atoms with Crippen molar-refractivity contribution in [3.63, 3.8) is 0 Å². The number of carbonyl (C=O) groups excluding carboxylic acids is 1. The van der Waals surface area contributed by atoms with E-state index in [0.717, 1.165) is 37.0 Å². The minimum absolute atomic E-state index is 0.274. The molecule has 4 aliphatic carbocycles. The van der Waals surface area contributed by atoms with E-state index in [1.807, 2.05) is 18.6 Å². The van der Waals surface area contributed by atoms with Crippen LogP contribution in [0, 0.1) is 28.6 Å². The Morgan fingerprint density at radius 2 is 2.00 bits per heavy atom. The predicted molar refractivity (Wildman–Crippen MR) is 98.6 cm³/mol. The number of fused-ring (bicyclic) bond motifs is 5. The molecule has 5 atom stereocenters. The van der Waals surface area contributed by atoms with Crippen LogP contribution in [0.2, 0.25) is 0 Å². The van der Waals surface area contributed by atoms with Crippen LogP contribution in [0.15, 0.2) is 36.4 Å². The Bertz CT molecular complexity index is 774. The lowest BCUT2D eigenvalue weighted by Crippen LogP contribution is -2.50. The second-order valence-electron chi connectivity index (χ2n) is 9.22. The Morgan fingerprint density at radius 3 is 2.80 bits per heavy atom. The van der Waals surface area contributed by atoms with Crippen molar-refractivity contribution < 1.29 is 4.79 Å². The van der Waals surface area contributed by atoms with Crippen LogP contribution < -0.4 is 0 Å². The van der Waals surface area contributed by atoms with Crippen LogP contribution in [0.3, 0.4) is 0 Å². The molecule has 0 spiro atoms. The van der Waals surface area contributed by atoms with Crippen LogP contribution >= 0.6 is 0 Å². The molecule has 1 aromatic rings. The summed E-state index contributed by atoms with van der Waals surface area (Å²) >= 11 is 0. The van der Waals surface area contributed by atoms with Gasteiger partial charge in [0.15, 0.2) is 5.78 Å². The molecule has 5 rings (SSSR count). The Balaban J connectivity index is 1.49. The molecule has 0 unspecified atom stereocenters. The molecular weight excluding hydrogens is 308 g/mol. The van der Waals surface area contributed by atoms with E-state index in [-0.39, 0.29) is 10.8 Å². The van der Waals surface area contributed by atoms with Crippen molar-refractivity contribution in [3.8, 4) is 0 Å². The maximum absolute atomic E-state index is 11.9. The fourth-order valence-electron chi connectivity index (χ4n) is 6.91. The summed E-state index contributed by atoms with van der Waals surface area (Å²) in [6.45, 7) is 4.95. The number of allylic oxidation sites excluding steroid dienone is 4. The molecule has 2 fully saturated rings. The molecule has 1 heterocycles. The number of carbonyl (C=O) groups is 1. The van der Waals surface area contributed by atoms with E-state index in [2.05, 4.69) is 35.7 Å². The Kier molecular flexibility index (Phi) is 3.24. The van der Waals surface area contributed by atoms with Gasteiger partial charge in [0.1, 0.15) is 0 Å². The Labute approximate surface area is 150 Å². The third kappa shape index (κ3) is 2.04. The molecule has 0 radical (unpaired) electrons. The molecule has 2 saturated carbocycles. The van der Waals surface area contributed by atoms with Crippen LogP contribution in [0.25, 0.3) is 5.70 Å². The van der Waals surface area contributed by atoms with Gasteiger partial charge in [-0.1, -0.05) is 25.5 Å². The van der Waals surface area contributed by atoms with Crippen LogP contribution in [-0.2, 0) is 4.79 Å². The maximum atomic E-state index is 11.9. The smallest absolute Gasteiger partial charge is 0.155 e. The van der Waals surface area contributed by atoms with Gasteiger partial charge in [0.05, 0.1) is 6.33 Å². The summed E-state index contributed by atoms with van der Waals surface area (Å²) in [6, 6.07) is 0. The molecule has 0 amide bonds. The molecule has 0 aromatic carbocycles. The maximum Gasteiger partial charge on any atom is 0.155 e. The van der Waals surface area contributed by atoms with Crippen molar-refractivity contribution in [1.29, 1.82) is 0 Å². The number of rotatable bonds is 1. The molecule has 0 aliphatic heterocycles. The molecule has 0 saturated heterocycles. The molecule has 132 valence electrons. The third-order valence-electron chi connectivity index (χ3n) is 8.28. The lowest BCUT2D eigenvalue weighted by Gasteiger charge is -2.57. The molecule has 3 nitrogen and oxygen atoms in total. The van der Waals surface area contributed by atoms with Gasteiger partial charge in [0.2, 0.25) is 0 Å². The number of hydrogen-bond donors (Lipinski definition) is 0. The van der Waals surface area contributed by atoms with E-state index in [1.54, 1.807) is 0 Å². The van der Waals surface area contributed by atoms with Gasteiger partial charge >= 0.3 is 0 Å². The minimum Gasteiger partial charge on any atom is -0.310 e. The summed E-state index contributed by atoms with van der Waals surface area (Å²) in [5.74, 6) is 2.66. The van der Waals surface area contributed by atoms with E-state index in [1.165, 1.54) is 37.0 Å². The number of hydrogen-bond acceptors (Lipinski definition) is 2. The van der Waals surface area contributed by atoms with Gasteiger partial charge in [-0.05, 0) is 67.8 Å². The average molecular weight is 336 g/mol. The normalized spacial score (nSPS) is 43.0. The summed E-state index contributed by atoms with van der Waals surface area (Å²) < 4.78 is 2.25. The van der Waals surface area contributed by atoms with Gasteiger partial charge in [-0.15, -0.1) is 0 Å². The monoisotopic (exact) mass is 336 g/mol. The molecule has 0 bridgehead atoms. The van der Waals surface area contributed by atoms with E-state index < -0.39 is 0 Å². The van der Waals surface area contributed by atoms with Crippen molar-refractivity contribution in [2.75, 3.05) is 0 Å². The average Bonchev–Trinajstić information content (AvgIpc) is 3.22. The van der Waals surface area contributed by atoms with Gasteiger partial charge in [-0.3, -0.25) is 4.79 Å². The summed E-state index contributed by atoms with van der Waals surface area (Å²) in [6.07, 6.45) is 18.4. The number of ketones is 1. The second-order valence-corrected chi connectivity index (χ2v) is 9.22. The Hall–Kier alpha value is -1.64. The van der Waals surface area contributed by atoms with Crippen LogP contribution in [0.4, 0.5) is 0 Å². The SMILES string of the molecule is C[C@]12CCC(=O)C=C1CC[C@@H]1[C@@H]2CC[C@]2(C)C(n3ccnc3)=CC[C@@H]12. The summed E-state index contributed by atoms with van der Waals surface area (Å²) in [7, 11) is 0. The van der Waals surface area contributed by atoms with Gasteiger partial charge in [0, 0.05) is 29.9 Å². The highest BCUT2D eigenvalue weighted by molar-refractivity contribution is 5.91. The quantitative estimate of drug-likeness (QED) is 0.733. The zero-order valence-electron chi connectivity index (χ0n) is 15.4. The number of nitrogens with zero attached hydrogens (tertiary/aromatic N) is 2. The third-order valence-corrected chi connectivity index (χ3v) is 8.28. The molecule has 3 heteroatoms. The lowest BCUT2D eigenvalue weighted by molar-refractivity contribution is -0.117. The number of aromatic nitrogens is 2. The molecular formula is C22H28N2O. The highest BCUT2D eigenvalue weighted by atomic mass is 16.1. The number of imidazole rings is 1. The summed E-state index contributed by atoms with van der Waals surface area (Å²) in [5.41, 5.74) is 3.49. The lowest BCUT2D eigenvalue weighted by atomic mass is 9.47. The standard InChI is InChI=1S/C22H28N2O/c1-21-9-7-16(25)13-15(21)3-4-17-18-5-6-20(24-12-11-23-14-24)22(18,2)10-8-19(17)21/h6,11-14,17-19H,3-5,7-10H2,1-2H3/t17-,18-,19-,21-,22-/m0/s1. The molecule has 25 heavy (non-hydrogen) atoms.